The van der Waals surface area contributed by atoms with E-state index >= 15 is 0 Å². The number of nitrogens with one attached hydrogen (secondary N) is 1. The van der Waals surface area contributed by atoms with Crippen molar-refractivity contribution in [1.29, 1.82) is 0 Å². The van der Waals surface area contributed by atoms with Gasteiger partial charge in [-0.05, 0) is 32.0 Å². The van der Waals surface area contributed by atoms with E-state index < -0.39 is 0 Å². The van der Waals surface area contributed by atoms with E-state index in [9.17, 15) is 0 Å². The molecule has 1 fully saturated rings. The lowest BCUT2D eigenvalue weighted by Crippen LogP contribution is -2.54. The highest BCUT2D eigenvalue weighted by Crippen LogP contribution is 2.17. The Morgan fingerprint density at radius 2 is 2.00 bits per heavy atom. The van der Waals surface area contributed by atoms with Gasteiger partial charge in [0.1, 0.15) is 12.4 Å². The smallest absolute Gasteiger partial charge is 0.120 e. The van der Waals surface area contributed by atoms with Crippen LogP contribution in [0.25, 0.3) is 0 Å². The number of hydrogen-bond acceptors (Lipinski definition) is 3. The summed E-state index contributed by atoms with van der Waals surface area (Å²) in [6.45, 7) is 8.41. The van der Waals surface area contributed by atoms with Crippen LogP contribution in [-0.4, -0.2) is 43.2 Å². The van der Waals surface area contributed by atoms with E-state index in [1.54, 1.807) is 0 Å². The Kier molecular flexibility index (Phi) is 7.15. The van der Waals surface area contributed by atoms with Gasteiger partial charge in [0.25, 0.3) is 0 Å². The lowest BCUT2D eigenvalue weighted by molar-refractivity contribution is 0.146. The largest absolute Gasteiger partial charge is 0.492 e. The van der Waals surface area contributed by atoms with Crippen molar-refractivity contribution in [2.24, 2.45) is 0 Å². The molecule has 0 amide bonds. The molecular weight excluding hydrogens is 328 g/mol. The Bertz CT molecular complexity index is 381. The molecule has 1 heterocycles. The summed E-state index contributed by atoms with van der Waals surface area (Å²) in [7, 11) is 0. The Labute approximate surface area is 130 Å². The molecule has 0 bridgehead atoms. The van der Waals surface area contributed by atoms with E-state index in [0.717, 1.165) is 36.5 Å². The van der Waals surface area contributed by atoms with Gasteiger partial charge in [0.15, 0.2) is 0 Å². The van der Waals surface area contributed by atoms with Gasteiger partial charge in [0.2, 0.25) is 0 Å². The predicted molar refractivity (Wildman–Crippen MR) is 85.4 cm³/mol. The highest BCUT2D eigenvalue weighted by molar-refractivity contribution is 9.10. The van der Waals surface area contributed by atoms with Crippen LogP contribution < -0.4 is 10.1 Å². The number of halogens is 2. The van der Waals surface area contributed by atoms with Gasteiger partial charge in [0.05, 0.1) is 0 Å². The van der Waals surface area contributed by atoms with Crippen molar-refractivity contribution in [3.8, 4) is 5.75 Å². The fourth-order valence-corrected chi connectivity index (χ4v) is 2.85. The average molecular weight is 350 g/mol. The molecule has 0 radical (unpaired) electrons. The summed E-state index contributed by atoms with van der Waals surface area (Å²) in [5.74, 6) is 0.931. The minimum atomic E-state index is 0. The number of benzene rings is 1. The molecule has 0 aromatic heterocycles. The van der Waals surface area contributed by atoms with Gasteiger partial charge in [-0.3, -0.25) is 4.90 Å². The maximum absolute atomic E-state index is 5.77. The van der Waals surface area contributed by atoms with Gasteiger partial charge in [0, 0.05) is 36.2 Å². The van der Waals surface area contributed by atoms with Crippen LogP contribution in [0, 0.1) is 0 Å². The van der Waals surface area contributed by atoms with Gasteiger partial charge in [-0.25, -0.2) is 0 Å². The molecule has 2 rings (SSSR count). The van der Waals surface area contributed by atoms with Gasteiger partial charge < -0.3 is 10.1 Å². The molecule has 1 N–H and O–H groups in total. The van der Waals surface area contributed by atoms with Gasteiger partial charge in [-0.1, -0.05) is 22.0 Å². The summed E-state index contributed by atoms with van der Waals surface area (Å²) >= 11 is 3.45. The van der Waals surface area contributed by atoms with Crippen LogP contribution in [0.5, 0.6) is 5.75 Å². The molecule has 1 aliphatic rings. The molecule has 5 heteroatoms. The van der Waals surface area contributed by atoms with E-state index in [1.807, 2.05) is 24.3 Å². The quantitative estimate of drug-likeness (QED) is 0.904. The maximum atomic E-state index is 5.77. The Morgan fingerprint density at radius 3 is 2.63 bits per heavy atom. The normalized spacial score (nSPS) is 23.7. The monoisotopic (exact) mass is 348 g/mol. The van der Waals surface area contributed by atoms with Crippen LogP contribution in [0.2, 0.25) is 0 Å². The first-order chi connectivity index (χ1) is 8.63. The number of rotatable bonds is 4. The molecular formula is C14H22BrClN2O. The first-order valence-electron chi connectivity index (χ1n) is 6.50. The van der Waals surface area contributed by atoms with E-state index in [2.05, 4.69) is 40.0 Å². The van der Waals surface area contributed by atoms with Gasteiger partial charge in [-0.2, -0.15) is 0 Å². The van der Waals surface area contributed by atoms with Crippen LogP contribution >= 0.6 is 28.3 Å². The first kappa shape index (κ1) is 16.8. The summed E-state index contributed by atoms with van der Waals surface area (Å²) in [6.07, 6.45) is 0. The van der Waals surface area contributed by atoms with Crippen LogP contribution in [0.4, 0.5) is 0 Å². The standard InChI is InChI=1S/C14H21BrN2O.ClH/c1-11-9-17(10-12(2)16-11)6-7-18-14-5-3-4-13(15)8-14;/h3-5,8,11-12,16H,6-7,9-10H2,1-2H3;1H. The third-order valence-corrected chi connectivity index (χ3v) is 3.60. The molecule has 0 spiro atoms. The Morgan fingerprint density at radius 1 is 1.32 bits per heavy atom. The summed E-state index contributed by atoms with van der Waals surface area (Å²) in [5.41, 5.74) is 0. The molecule has 1 saturated heterocycles. The number of nitrogens with zero attached hydrogens (tertiary/aromatic N) is 1. The zero-order valence-corrected chi connectivity index (χ0v) is 13.8. The van der Waals surface area contributed by atoms with E-state index in [1.165, 1.54) is 0 Å². The number of ether oxygens (including phenoxy) is 1. The average Bonchev–Trinajstić information content (AvgIpc) is 2.27. The highest BCUT2D eigenvalue weighted by atomic mass is 79.9. The molecule has 0 saturated carbocycles. The van der Waals surface area contributed by atoms with Crippen molar-refractivity contribution < 1.29 is 4.74 Å². The summed E-state index contributed by atoms with van der Waals surface area (Å²) in [4.78, 5) is 2.46. The summed E-state index contributed by atoms with van der Waals surface area (Å²) < 4.78 is 6.83. The summed E-state index contributed by atoms with van der Waals surface area (Å²) in [5, 5.41) is 3.54. The zero-order valence-electron chi connectivity index (χ0n) is 11.4. The van der Waals surface area contributed by atoms with E-state index in [-0.39, 0.29) is 12.4 Å². The molecule has 1 aliphatic heterocycles. The van der Waals surface area contributed by atoms with Crippen molar-refractivity contribution in [2.45, 2.75) is 25.9 Å². The van der Waals surface area contributed by atoms with E-state index in [0.29, 0.717) is 12.1 Å². The molecule has 0 aliphatic carbocycles. The third-order valence-electron chi connectivity index (χ3n) is 3.11. The molecule has 108 valence electrons. The molecule has 3 nitrogen and oxygen atoms in total. The van der Waals surface area contributed by atoms with Gasteiger partial charge >= 0.3 is 0 Å². The molecule has 1 aromatic rings. The topological polar surface area (TPSA) is 24.5 Å². The SMILES string of the molecule is CC1CN(CCOc2cccc(Br)c2)CC(C)N1.Cl. The third kappa shape index (κ3) is 5.69. The highest BCUT2D eigenvalue weighted by Gasteiger charge is 2.20. The number of hydrogen-bond donors (Lipinski definition) is 1. The molecule has 1 aromatic carbocycles. The van der Waals surface area contributed by atoms with Crippen molar-refractivity contribution in [3.63, 3.8) is 0 Å². The predicted octanol–water partition coefficient (Wildman–Crippen LogP) is 2.93. The number of piperazine rings is 1. The molecule has 2 unspecified atom stereocenters. The minimum Gasteiger partial charge on any atom is -0.492 e. The van der Waals surface area contributed by atoms with Crippen molar-refractivity contribution in [2.75, 3.05) is 26.2 Å². The fraction of sp³-hybridized carbons (Fsp3) is 0.571. The van der Waals surface area contributed by atoms with Crippen molar-refractivity contribution in [1.82, 2.24) is 10.2 Å². The Balaban J connectivity index is 0.00000180. The van der Waals surface area contributed by atoms with Crippen LogP contribution in [-0.2, 0) is 0 Å². The molecule has 2 atom stereocenters. The Hall–Kier alpha value is -0.290. The molecule has 19 heavy (non-hydrogen) atoms. The minimum absolute atomic E-state index is 0. The second kappa shape index (κ2) is 8.10. The second-order valence-corrected chi connectivity index (χ2v) is 5.95. The van der Waals surface area contributed by atoms with Crippen LogP contribution in [0.3, 0.4) is 0 Å². The first-order valence-corrected chi connectivity index (χ1v) is 7.29. The van der Waals surface area contributed by atoms with Crippen LogP contribution in [0.15, 0.2) is 28.7 Å². The summed E-state index contributed by atoms with van der Waals surface area (Å²) in [6, 6.07) is 9.14. The van der Waals surface area contributed by atoms with Crippen molar-refractivity contribution >= 4 is 28.3 Å². The van der Waals surface area contributed by atoms with Crippen LogP contribution in [0.1, 0.15) is 13.8 Å². The van der Waals surface area contributed by atoms with Gasteiger partial charge in [-0.15, -0.1) is 12.4 Å². The maximum Gasteiger partial charge on any atom is 0.120 e. The second-order valence-electron chi connectivity index (χ2n) is 5.03. The zero-order chi connectivity index (χ0) is 13.0. The van der Waals surface area contributed by atoms with Crippen molar-refractivity contribution in [3.05, 3.63) is 28.7 Å². The van der Waals surface area contributed by atoms with E-state index in [4.69, 9.17) is 4.74 Å². The lowest BCUT2D eigenvalue weighted by Gasteiger charge is -2.35. The lowest BCUT2D eigenvalue weighted by atomic mass is 10.1. The fourth-order valence-electron chi connectivity index (χ4n) is 2.47.